The molecular formula is C37H40FN3O4. The van der Waals surface area contributed by atoms with Crippen molar-refractivity contribution in [3.8, 4) is 11.3 Å². The summed E-state index contributed by atoms with van der Waals surface area (Å²) in [6.07, 6.45) is 8.17. The molecule has 1 saturated heterocycles. The summed E-state index contributed by atoms with van der Waals surface area (Å²) in [5, 5.41) is 10.9. The van der Waals surface area contributed by atoms with E-state index in [4.69, 9.17) is 9.72 Å². The number of carboxylic acids is 1. The number of ether oxygens (including phenoxy) is 1. The van der Waals surface area contributed by atoms with Gasteiger partial charge in [-0.3, -0.25) is 4.79 Å². The Kier molecular flexibility index (Phi) is 9.69. The summed E-state index contributed by atoms with van der Waals surface area (Å²) in [5.41, 5.74) is 5.29. The molecule has 6 rings (SSSR count). The zero-order valence-electron chi connectivity index (χ0n) is 25.6. The minimum absolute atomic E-state index is 0.00151. The first-order valence-corrected chi connectivity index (χ1v) is 16.1. The van der Waals surface area contributed by atoms with Crippen LogP contribution in [0.2, 0.25) is 0 Å². The Bertz CT molecular complexity index is 1660. The highest BCUT2D eigenvalue weighted by molar-refractivity contribution is 5.90. The van der Waals surface area contributed by atoms with Gasteiger partial charge >= 0.3 is 5.97 Å². The average Bonchev–Trinajstić information content (AvgIpc) is 3.33. The fraction of sp³-hybridized carbons (Fsp3) is 0.378. The van der Waals surface area contributed by atoms with Crippen molar-refractivity contribution in [1.82, 2.24) is 9.88 Å². The predicted molar refractivity (Wildman–Crippen MR) is 174 cm³/mol. The third-order valence-corrected chi connectivity index (χ3v) is 9.09. The summed E-state index contributed by atoms with van der Waals surface area (Å²) >= 11 is 0. The fourth-order valence-electron chi connectivity index (χ4n) is 6.65. The van der Waals surface area contributed by atoms with E-state index in [9.17, 15) is 19.1 Å². The Hall–Kier alpha value is -4.30. The van der Waals surface area contributed by atoms with Gasteiger partial charge in [0.15, 0.2) is 0 Å². The van der Waals surface area contributed by atoms with Gasteiger partial charge in [-0.15, -0.1) is 0 Å². The predicted octanol–water partition coefficient (Wildman–Crippen LogP) is 7.12. The summed E-state index contributed by atoms with van der Waals surface area (Å²) in [4.78, 5) is 34.4. The molecule has 1 saturated carbocycles. The van der Waals surface area contributed by atoms with Crippen molar-refractivity contribution in [1.29, 1.82) is 0 Å². The van der Waals surface area contributed by atoms with Crippen molar-refractivity contribution < 1.29 is 23.8 Å². The van der Waals surface area contributed by atoms with Crippen LogP contribution in [0.3, 0.4) is 0 Å². The van der Waals surface area contributed by atoms with Crippen LogP contribution in [-0.4, -0.2) is 59.7 Å². The standard InChI is InChI=1S/C37H40FN3O4/c38-32-9-5-8-28(22-32)34-15-13-29-21-27(10-14-33(29)39-34)24-41(25-36(42)40-16-18-45-19-17-40)35-23-31(37(43)44)12-11-30(35)20-26-6-3-1-2-4-7-26/h5,8-15,21-23,26H,1-4,6-7,16-20,24-25H2,(H,43,44). The molecular weight excluding hydrogens is 569 g/mol. The molecule has 0 bridgehead atoms. The molecule has 1 aliphatic heterocycles. The fourth-order valence-corrected chi connectivity index (χ4v) is 6.65. The number of morpholine rings is 1. The second kappa shape index (κ2) is 14.2. The highest BCUT2D eigenvalue weighted by Crippen LogP contribution is 2.32. The number of aromatic carboxylic acids is 1. The van der Waals surface area contributed by atoms with Crippen molar-refractivity contribution >= 4 is 28.5 Å². The number of carbonyl (C=O) groups excluding carboxylic acids is 1. The quantitative estimate of drug-likeness (QED) is 0.204. The van der Waals surface area contributed by atoms with E-state index < -0.39 is 5.97 Å². The number of halogens is 1. The maximum atomic E-state index is 13.8. The van der Waals surface area contributed by atoms with E-state index >= 15 is 0 Å². The Balaban J connectivity index is 1.34. The molecule has 3 aromatic carbocycles. The van der Waals surface area contributed by atoms with E-state index in [1.807, 2.05) is 46.2 Å². The van der Waals surface area contributed by atoms with Crippen LogP contribution in [0.5, 0.6) is 0 Å². The van der Waals surface area contributed by atoms with E-state index in [1.165, 1.54) is 50.7 Å². The lowest BCUT2D eigenvalue weighted by atomic mass is 9.90. The number of amides is 1. The largest absolute Gasteiger partial charge is 0.478 e. The summed E-state index contributed by atoms with van der Waals surface area (Å²) in [5.74, 6) is -0.746. The van der Waals surface area contributed by atoms with E-state index in [0.29, 0.717) is 50.0 Å². The first-order chi connectivity index (χ1) is 21.9. The van der Waals surface area contributed by atoms with Gasteiger partial charge in [0.05, 0.1) is 36.5 Å². The van der Waals surface area contributed by atoms with Gasteiger partial charge in [-0.05, 0) is 65.9 Å². The Morgan fingerprint density at radius 1 is 0.933 bits per heavy atom. The summed E-state index contributed by atoms with van der Waals surface area (Å²) in [7, 11) is 0. The molecule has 4 aromatic rings. The molecule has 1 amide bonds. The minimum atomic E-state index is -0.984. The third-order valence-electron chi connectivity index (χ3n) is 9.09. The smallest absolute Gasteiger partial charge is 0.335 e. The summed E-state index contributed by atoms with van der Waals surface area (Å²) in [6.45, 7) is 2.69. The van der Waals surface area contributed by atoms with Crippen LogP contribution >= 0.6 is 0 Å². The number of anilines is 1. The first kappa shape index (κ1) is 30.7. The number of hydrogen-bond donors (Lipinski definition) is 1. The number of aromatic nitrogens is 1. The van der Waals surface area contributed by atoms with Gasteiger partial charge in [-0.1, -0.05) is 68.9 Å². The lowest BCUT2D eigenvalue weighted by Gasteiger charge is -2.32. The number of pyridine rings is 1. The van der Waals surface area contributed by atoms with Crippen LogP contribution in [-0.2, 0) is 22.5 Å². The van der Waals surface area contributed by atoms with Crippen LogP contribution in [0.15, 0.2) is 72.8 Å². The number of carbonyl (C=O) groups is 2. The van der Waals surface area contributed by atoms with Crippen molar-refractivity contribution in [3.63, 3.8) is 0 Å². The number of benzene rings is 3. The van der Waals surface area contributed by atoms with Gasteiger partial charge < -0.3 is 19.6 Å². The zero-order chi connectivity index (χ0) is 31.2. The topological polar surface area (TPSA) is 83.0 Å². The molecule has 0 radical (unpaired) electrons. The van der Waals surface area contributed by atoms with E-state index in [2.05, 4.69) is 6.07 Å². The SMILES string of the molecule is O=C(O)c1ccc(CC2CCCCCC2)c(N(CC(=O)N2CCOCC2)Cc2ccc3nc(-c4cccc(F)c4)ccc3c2)c1. The molecule has 2 fully saturated rings. The van der Waals surface area contributed by atoms with Gasteiger partial charge in [-0.25, -0.2) is 14.2 Å². The number of fused-ring (bicyclic) bond motifs is 1. The van der Waals surface area contributed by atoms with Crippen LogP contribution < -0.4 is 4.90 Å². The van der Waals surface area contributed by atoms with Crippen LogP contribution in [0, 0.1) is 11.7 Å². The highest BCUT2D eigenvalue weighted by atomic mass is 19.1. The molecule has 0 unspecified atom stereocenters. The molecule has 234 valence electrons. The molecule has 45 heavy (non-hydrogen) atoms. The van der Waals surface area contributed by atoms with E-state index in [-0.39, 0.29) is 23.8 Å². The molecule has 7 nitrogen and oxygen atoms in total. The molecule has 1 aliphatic carbocycles. The average molecular weight is 610 g/mol. The summed E-state index contributed by atoms with van der Waals surface area (Å²) in [6, 6.07) is 21.7. The van der Waals surface area contributed by atoms with Gasteiger partial charge in [-0.2, -0.15) is 0 Å². The molecule has 2 aliphatic rings. The van der Waals surface area contributed by atoms with Crippen LogP contribution in [0.25, 0.3) is 22.2 Å². The molecule has 0 spiro atoms. The van der Waals surface area contributed by atoms with Crippen molar-refractivity contribution in [2.45, 2.75) is 51.5 Å². The Morgan fingerprint density at radius 3 is 2.49 bits per heavy atom. The maximum absolute atomic E-state index is 13.8. The zero-order valence-corrected chi connectivity index (χ0v) is 25.6. The van der Waals surface area contributed by atoms with E-state index in [0.717, 1.165) is 34.1 Å². The maximum Gasteiger partial charge on any atom is 0.335 e. The Labute approximate surface area is 263 Å². The van der Waals surface area contributed by atoms with Gasteiger partial charge in [0, 0.05) is 36.3 Å². The molecule has 2 heterocycles. The van der Waals surface area contributed by atoms with Crippen molar-refractivity contribution in [3.05, 3.63) is 95.3 Å². The van der Waals surface area contributed by atoms with Crippen LogP contribution in [0.4, 0.5) is 10.1 Å². The second-order valence-electron chi connectivity index (χ2n) is 12.3. The number of nitrogens with zero attached hydrogens (tertiary/aromatic N) is 3. The summed E-state index contributed by atoms with van der Waals surface area (Å²) < 4.78 is 19.3. The monoisotopic (exact) mass is 609 g/mol. The Morgan fingerprint density at radius 2 is 1.73 bits per heavy atom. The third kappa shape index (κ3) is 7.68. The molecule has 8 heteroatoms. The normalized spacial score (nSPS) is 16.0. The lowest BCUT2D eigenvalue weighted by Crippen LogP contribution is -2.46. The molecule has 1 N–H and O–H groups in total. The molecule has 1 aromatic heterocycles. The lowest BCUT2D eigenvalue weighted by molar-refractivity contribution is -0.133. The van der Waals surface area contributed by atoms with Crippen molar-refractivity contribution in [2.24, 2.45) is 5.92 Å². The second-order valence-corrected chi connectivity index (χ2v) is 12.3. The van der Waals surface area contributed by atoms with Gasteiger partial charge in [0.1, 0.15) is 5.82 Å². The van der Waals surface area contributed by atoms with Crippen LogP contribution in [0.1, 0.15) is 60.0 Å². The number of carboxylic acid groups (broad SMARTS) is 1. The molecule has 0 atom stereocenters. The number of hydrogen-bond acceptors (Lipinski definition) is 5. The number of rotatable bonds is 9. The van der Waals surface area contributed by atoms with Crippen molar-refractivity contribution in [2.75, 3.05) is 37.7 Å². The minimum Gasteiger partial charge on any atom is -0.478 e. The van der Waals surface area contributed by atoms with Gasteiger partial charge in [0.25, 0.3) is 0 Å². The highest BCUT2D eigenvalue weighted by Gasteiger charge is 2.24. The van der Waals surface area contributed by atoms with Gasteiger partial charge in [0.2, 0.25) is 5.91 Å². The first-order valence-electron chi connectivity index (χ1n) is 16.1. The van der Waals surface area contributed by atoms with E-state index in [1.54, 1.807) is 18.2 Å².